The van der Waals surface area contributed by atoms with Gasteiger partial charge in [-0.1, -0.05) is 29.3 Å². The lowest BCUT2D eigenvalue weighted by Crippen LogP contribution is -2.42. The second-order valence-corrected chi connectivity index (χ2v) is 8.43. The van der Waals surface area contributed by atoms with Gasteiger partial charge in [0.25, 0.3) is 0 Å². The van der Waals surface area contributed by atoms with Crippen molar-refractivity contribution < 1.29 is 4.74 Å². The highest BCUT2D eigenvalue weighted by Crippen LogP contribution is 2.22. The number of ether oxygens (including phenoxy) is 1. The maximum Gasteiger partial charge on any atom is 0.193 e. The third kappa shape index (κ3) is 8.05. The van der Waals surface area contributed by atoms with Crippen molar-refractivity contribution >= 4 is 53.1 Å². The van der Waals surface area contributed by atoms with Crippen LogP contribution in [-0.4, -0.2) is 74.8 Å². The van der Waals surface area contributed by atoms with E-state index in [1.807, 2.05) is 18.2 Å². The molecule has 164 valence electrons. The summed E-state index contributed by atoms with van der Waals surface area (Å²) in [4.78, 5) is 9.83. The van der Waals surface area contributed by atoms with E-state index >= 15 is 0 Å². The van der Waals surface area contributed by atoms with Crippen LogP contribution in [-0.2, 0) is 11.2 Å². The predicted molar refractivity (Wildman–Crippen MR) is 133 cm³/mol. The highest BCUT2D eigenvalue weighted by molar-refractivity contribution is 14.0. The Morgan fingerprint density at radius 1 is 1.24 bits per heavy atom. The van der Waals surface area contributed by atoms with E-state index in [4.69, 9.17) is 32.9 Å². The molecule has 1 aromatic rings. The molecule has 0 spiro atoms. The molecule has 2 fully saturated rings. The number of guanidine groups is 1. The van der Waals surface area contributed by atoms with E-state index in [-0.39, 0.29) is 24.0 Å². The largest absolute Gasteiger partial charge is 0.379 e. The molecule has 1 atom stereocenters. The van der Waals surface area contributed by atoms with Crippen molar-refractivity contribution in [3.63, 3.8) is 0 Å². The molecule has 2 aliphatic heterocycles. The molecule has 1 aromatic carbocycles. The fraction of sp³-hybridized carbons (Fsp3) is 0.667. The van der Waals surface area contributed by atoms with Crippen molar-refractivity contribution in [1.82, 2.24) is 15.1 Å². The lowest BCUT2D eigenvalue weighted by Gasteiger charge is -2.29. The van der Waals surface area contributed by atoms with Crippen LogP contribution in [0, 0.1) is 5.92 Å². The average molecular weight is 555 g/mol. The van der Waals surface area contributed by atoms with E-state index in [0.717, 1.165) is 87.8 Å². The van der Waals surface area contributed by atoms with Gasteiger partial charge in [-0.3, -0.25) is 9.89 Å². The van der Waals surface area contributed by atoms with Gasteiger partial charge in [-0.25, -0.2) is 0 Å². The molecule has 0 bridgehead atoms. The lowest BCUT2D eigenvalue weighted by molar-refractivity contribution is 0.0315. The third-order valence-corrected chi connectivity index (χ3v) is 6.01. The summed E-state index contributed by atoms with van der Waals surface area (Å²) in [6.45, 7) is 11.1. The van der Waals surface area contributed by atoms with Gasteiger partial charge in [0, 0.05) is 55.9 Å². The number of hydrogen-bond donors (Lipinski definition) is 1. The van der Waals surface area contributed by atoms with Crippen LogP contribution < -0.4 is 5.32 Å². The summed E-state index contributed by atoms with van der Waals surface area (Å²) in [5.74, 6) is 1.77. The number of nitrogens with zero attached hydrogens (tertiary/aromatic N) is 3. The summed E-state index contributed by atoms with van der Waals surface area (Å²) in [7, 11) is 0. The van der Waals surface area contributed by atoms with Gasteiger partial charge in [0.15, 0.2) is 5.96 Å². The Bertz CT molecular complexity index is 656. The zero-order chi connectivity index (χ0) is 19.8. The van der Waals surface area contributed by atoms with Gasteiger partial charge in [-0.05, 0) is 49.8 Å². The summed E-state index contributed by atoms with van der Waals surface area (Å²) in [6, 6.07) is 5.72. The van der Waals surface area contributed by atoms with Gasteiger partial charge in [-0.2, -0.15) is 0 Å². The Morgan fingerprint density at radius 3 is 2.76 bits per heavy atom. The van der Waals surface area contributed by atoms with Crippen LogP contribution in [0.25, 0.3) is 0 Å². The normalized spacial score (nSPS) is 20.6. The summed E-state index contributed by atoms with van der Waals surface area (Å²) in [6.07, 6.45) is 3.13. The second-order valence-electron chi connectivity index (χ2n) is 7.59. The number of likely N-dealkylation sites (tertiary alicyclic amines) is 1. The van der Waals surface area contributed by atoms with Gasteiger partial charge >= 0.3 is 0 Å². The van der Waals surface area contributed by atoms with Gasteiger partial charge in [0.1, 0.15) is 0 Å². The first-order valence-electron chi connectivity index (χ1n) is 10.4. The minimum atomic E-state index is 0. The van der Waals surface area contributed by atoms with Crippen molar-refractivity contribution in [3.8, 4) is 0 Å². The summed E-state index contributed by atoms with van der Waals surface area (Å²) < 4.78 is 5.46. The molecule has 0 amide bonds. The summed E-state index contributed by atoms with van der Waals surface area (Å²) >= 11 is 12.2. The molecule has 0 saturated carbocycles. The number of aliphatic imine (C=N–C) groups is 1. The molecule has 2 heterocycles. The fourth-order valence-corrected chi connectivity index (χ4v) is 4.43. The first-order valence-corrected chi connectivity index (χ1v) is 11.2. The monoisotopic (exact) mass is 554 g/mol. The Balaban J connectivity index is 0.00000300. The van der Waals surface area contributed by atoms with E-state index in [0.29, 0.717) is 5.02 Å². The topological polar surface area (TPSA) is 40.1 Å². The zero-order valence-corrected chi connectivity index (χ0v) is 21.1. The number of morpholine rings is 1. The average Bonchev–Trinajstić information content (AvgIpc) is 3.15. The minimum Gasteiger partial charge on any atom is -0.379 e. The highest BCUT2D eigenvalue weighted by atomic mass is 127. The van der Waals surface area contributed by atoms with E-state index in [1.54, 1.807) is 0 Å². The highest BCUT2D eigenvalue weighted by Gasteiger charge is 2.27. The molecule has 2 aliphatic rings. The first kappa shape index (κ1) is 25.0. The molecule has 0 aliphatic carbocycles. The van der Waals surface area contributed by atoms with Crippen molar-refractivity contribution in [2.75, 3.05) is 59.0 Å². The van der Waals surface area contributed by atoms with Crippen LogP contribution in [0.1, 0.15) is 25.3 Å². The molecule has 3 rings (SSSR count). The molecule has 1 unspecified atom stereocenters. The van der Waals surface area contributed by atoms with Crippen LogP contribution >= 0.6 is 47.2 Å². The smallest absolute Gasteiger partial charge is 0.193 e. The molecule has 5 nitrogen and oxygen atoms in total. The van der Waals surface area contributed by atoms with Gasteiger partial charge in [0.05, 0.1) is 13.2 Å². The quantitative estimate of drug-likeness (QED) is 0.238. The van der Waals surface area contributed by atoms with Crippen LogP contribution in [0.4, 0.5) is 0 Å². The third-order valence-electron chi connectivity index (χ3n) is 5.42. The first-order chi connectivity index (χ1) is 13.7. The molecule has 1 N–H and O–H groups in total. The molecule has 2 saturated heterocycles. The predicted octanol–water partition coefficient (Wildman–Crippen LogP) is 4.16. The van der Waals surface area contributed by atoms with Crippen molar-refractivity contribution in [2.45, 2.75) is 26.2 Å². The van der Waals surface area contributed by atoms with E-state index in [9.17, 15) is 0 Å². The van der Waals surface area contributed by atoms with Gasteiger partial charge < -0.3 is 15.0 Å². The SMILES string of the molecule is CCNC(=NCCCc1ccc(Cl)cc1Cl)N1CCC(CN2CCOCC2)C1.I. The molecule has 8 heteroatoms. The Kier molecular flexibility index (Phi) is 11.4. The number of benzene rings is 1. The maximum atomic E-state index is 6.27. The summed E-state index contributed by atoms with van der Waals surface area (Å²) in [5, 5.41) is 4.89. The molecule has 29 heavy (non-hydrogen) atoms. The van der Waals surface area contributed by atoms with E-state index in [1.165, 1.54) is 13.0 Å². The zero-order valence-electron chi connectivity index (χ0n) is 17.2. The van der Waals surface area contributed by atoms with E-state index < -0.39 is 0 Å². The van der Waals surface area contributed by atoms with Crippen LogP contribution in [0.5, 0.6) is 0 Å². The number of rotatable bonds is 7. The maximum absolute atomic E-state index is 6.27. The number of aryl methyl sites for hydroxylation is 1. The van der Waals surface area contributed by atoms with Gasteiger partial charge in [0.2, 0.25) is 0 Å². The van der Waals surface area contributed by atoms with Crippen molar-refractivity contribution in [1.29, 1.82) is 0 Å². The molecule has 0 radical (unpaired) electrons. The summed E-state index contributed by atoms with van der Waals surface area (Å²) in [5.41, 5.74) is 1.14. The van der Waals surface area contributed by atoms with Crippen molar-refractivity contribution in [3.05, 3.63) is 33.8 Å². The Morgan fingerprint density at radius 2 is 2.03 bits per heavy atom. The Hall–Kier alpha value is -0.280. The number of halogens is 3. The minimum absolute atomic E-state index is 0. The lowest BCUT2D eigenvalue weighted by atomic mass is 10.1. The molecular weight excluding hydrogens is 522 g/mol. The fourth-order valence-electron chi connectivity index (χ4n) is 3.93. The van der Waals surface area contributed by atoms with Crippen molar-refractivity contribution in [2.24, 2.45) is 10.9 Å². The molecular formula is C21H33Cl2IN4O. The van der Waals surface area contributed by atoms with Crippen LogP contribution in [0.3, 0.4) is 0 Å². The van der Waals surface area contributed by atoms with Gasteiger partial charge in [-0.15, -0.1) is 24.0 Å². The standard InChI is InChI=1S/C21H32Cl2N4O.HI/c1-2-24-21(25-8-3-4-18-5-6-19(22)14-20(18)23)27-9-7-17(16-27)15-26-10-12-28-13-11-26;/h5-6,14,17H,2-4,7-13,15-16H2,1H3,(H,24,25);1H. The van der Waals surface area contributed by atoms with Crippen LogP contribution in [0.2, 0.25) is 10.0 Å². The molecule has 0 aromatic heterocycles. The van der Waals surface area contributed by atoms with E-state index in [2.05, 4.69) is 22.0 Å². The Labute approximate surface area is 202 Å². The number of hydrogen-bond acceptors (Lipinski definition) is 3. The second kappa shape index (κ2) is 13.2. The van der Waals surface area contributed by atoms with Crippen LogP contribution in [0.15, 0.2) is 23.2 Å². The number of nitrogens with one attached hydrogen (secondary N) is 1.